The van der Waals surface area contributed by atoms with Crippen LogP contribution in [0, 0.1) is 0 Å². The van der Waals surface area contributed by atoms with Gasteiger partial charge >= 0.3 is 5.97 Å². The molecular weight excluding hydrogens is 206 g/mol. The van der Waals surface area contributed by atoms with Crippen molar-refractivity contribution in [1.82, 2.24) is 15.0 Å². The van der Waals surface area contributed by atoms with E-state index < -0.39 is 5.60 Å². The number of carbonyl (C=O) groups excluding carboxylic acids is 1. The van der Waals surface area contributed by atoms with Crippen LogP contribution in [0.2, 0.25) is 0 Å². The highest BCUT2D eigenvalue weighted by molar-refractivity contribution is 6.01. The highest BCUT2D eigenvalue weighted by Gasteiger charge is 2.21. The number of esters is 1. The van der Waals surface area contributed by atoms with E-state index in [1.165, 1.54) is 0 Å². The average molecular weight is 219 g/mol. The van der Waals surface area contributed by atoms with Gasteiger partial charge in [-0.25, -0.2) is 9.78 Å². The number of aromatic amines is 1. The zero-order valence-electron chi connectivity index (χ0n) is 9.44. The second-order valence-corrected chi connectivity index (χ2v) is 4.46. The Morgan fingerprint density at radius 1 is 1.31 bits per heavy atom. The molecule has 0 bridgehead atoms. The number of aromatic nitrogens is 3. The lowest BCUT2D eigenvalue weighted by Crippen LogP contribution is -2.23. The number of hydrogen-bond donors (Lipinski definition) is 1. The maximum atomic E-state index is 11.8. The van der Waals surface area contributed by atoms with Crippen molar-refractivity contribution >= 4 is 17.1 Å². The first kappa shape index (κ1) is 10.6. The molecule has 0 saturated heterocycles. The van der Waals surface area contributed by atoms with Gasteiger partial charge < -0.3 is 9.72 Å². The first-order valence-electron chi connectivity index (χ1n) is 4.99. The SMILES string of the molecule is CC(C)(C)OC(=O)c1c[nH]c2nccnc12. The van der Waals surface area contributed by atoms with Gasteiger partial charge in [-0.3, -0.25) is 4.98 Å². The molecule has 2 aromatic heterocycles. The number of H-pyrrole nitrogens is 1. The largest absolute Gasteiger partial charge is 0.456 e. The molecule has 0 aliphatic carbocycles. The average Bonchev–Trinajstić information content (AvgIpc) is 2.58. The summed E-state index contributed by atoms with van der Waals surface area (Å²) in [6.07, 6.45) is 4.68. The Hall–Kier alpha value is -1.91. The Balaban J connectivity index is 2.37. The van der Waals surface area contributed by atoms with Gasteiger partial charge in [-0.05, 0) is 20.8 Å². The van der Waals surface area contributed by atoms with Gasteiger partial charge in [0, 0.05) is 18.6 Å². The minimum absolute atomic E-state index is 0.390. The van der Waals surface area contributed by atoms with Gasteiger partial charge in [0.2, 0.25) is 0 Å². The summed E-state index contributed by atoms with van der Waals surface area (Å²) in [6.45, 7) is 5.47. The van der Waals surface area contributed by atoms with Crippen molar-refractivity contribution in [2.75, 3.05) is 0 Å². The zero-order valence-corrected chi connectivity index (χ0v) is 9.44. The predicted molar refractivity (Wildman–Crippen MR) is 59.1 cm³/mol. The number of carbonyl (C=O) groups is 1. The Kier molecular flexibility index (Phi) is 2.38. The molecule has 0 saturated carbocycles. The van der Waals surface area contributed by atoms with E-state index >= 15 is 0 Å². The van der Waals surface area contributed by atoms with E-state index in [0.29, 0.717) is 16.7 Å². The third kappa shape index (κ3) is 2.03. The molecule has 0 radical (unpaired) electrons. The first-order chi connectivity index (χ1) is 7.47. The lowest BCUT2D eigenvalue weighted by Gasteiger charge is -2.18. The topological polar surface area (TPSA) is 67.9 Å². The van der Waals surface area contributed by atoms with Crippen LogP contribution < -0.4 is 0 Å². The fourth-order valence-electron chi connectivity index (χ4n) is 1.34. The number of fused-ring (bicyclic) bond motifs is 1. The minimum atomic E-state index is -0.511. The number of nitrogens with one attached hydrogen (secondary N) is 1. The summed E-state index contributed by atoms with van der Waals surface area (Å²) in [5, 5.41) is 0. The van der Waals surface area contributed by atoms with Crippen molar-refractivity contribution in [3.8, 4) is 0 Å². The lowest BCUT2D eigenvalue weighted by atomic mass is 10.2. The van der Waals surface area contributed by atoms with Gasteiger partial charge in [-0.2, -0.15) is 0 Å². The maximum absolute atomic E-state index is 11.8. The molecular formula is C11H13N3O2. The molecule has 0 atom stereocenters. The van der Waals surface area contributed by atoms with Crippen LogP contribution in [0.1, 0.15) is 31.1 Å². The van der Waals surface area contributed by atoms with Crippen molar-refractivity contribution in [2.24, 2.45) is 0 Å². The summed E-state index contributed by atoms with van der Waals surface area (Å²) < 4.78 is 5.26. The summed E-state index contributed by atoms with van der Waals surface area (Å²) in [5.41, 5.74) is 1.03. The number of hydrogen-bond acceptors (Lipinski definition) is 4. The summed E-state index contributed by atoms with van der Waals surface area (Å²) in [6, 6.07) is 0. The number of ether oxygens (including phenoxy) is 1. The van der Waals surface area contributed by atoms with Crippen molar-refractivity contribution < 1.29 is 9.53 Å². The van der Waals surface area contributed by atoms with Gasteiger partial charge in [0.25, 0.3) is 0 Å². The van der Waals surface area contributed by atoms with Gasteiger partial charge in [-0.15, -0.1) is 0 Å². The quantitative estimate of drug-likeness (QED) is 0.744. The Morgan fingerprint density at radius 3 is 2.69 bits per heavy atom. The third-order valence-corrected chi connectivity index (χ3v) is 1.93. The van der Waals surface area contributed by atoms with Crippen LogP contribution in [-0.2, 0) is 4.74 Å². The molecule has 1 N–H and O–H groups in total. The maximum Gasteiger partial charge on any atom is 0.342 e. The van der Waals surface area contributed by atoms with Gasteiger partial charge in [0.15, 0.2) is 5.65 Å². The van der Waals surface area contributed by atoms with E-state index in [-0.39, 0.29) is 5.97 Å². The molecule has 5 nitrogen and oxygen atoms in total. The van der Waals surface area contributed by atoms with Gasteiger partial charge in [0.05, 0.1) is 0 Å². The zero-order chi connectivity index (χ0) is 11.8. The molecule has 5 heteroatoms. The predicted octanol–water partition coefficient (Wildman–Crippen LogP) is 1.91. The Labute approximate surface area is 92.9 Å². The van der Waals surface area contributed by atoms with Crippen molar-refractivity contribution in [2.45, 2.75) is 26.4 Å². The summed E-state index contributed by atoms with van der Waals surface area (Å²) >= 11 is 0. The smallest absolute Gasteiger partial charge is 0.342 e. The van der Waals surface area contributed by atoms with E-state index in [1.54, 1.807) is 18.6 Å². The van der Waals surface area contributed by atoms with Crippen LogP contribution >= 0.6 is 0 Å². The molecule has 84 valence electrons. The second-order valence-electron chi connectivity index (χ2n) is 4.46. The Morgan fingerprint density at radius 2 is 2.00 bits per heavy atom. The van der Waals surface area contributed by atoms with Crippen LogP contribution in [-0.4, -0.2) is 26.5 Å². The van der Waals surface area contributed by atoms with Crippen LogP contribution in [0.15, 0.2) is 18.6 Å². The van der Waals surface area contributed by atoms with Crippen LogP contribution in [0.5, 0.6) is 0 Å². The number of rotatable bonds is 1. The molecule has 2 aromatic rings. The van der Waals surface area contributed by atoms with E-state index in [9.17, 15) is 4.79 Å². The molecule has 16 heavy (non-hydrogen) atoms. The standard InChI is InChI=1S/C11H13N3O2/c1-11(2,3)16-10(15)7-6-14-9-8(7)12-4-5-13-9/h4-6H,1-3H3,(H,13,14). The lowest BCUT2D eigenvalue weighted by molar-refractivity contribution is 0.00717. The first-order valence-corrected chi connectivity index (χ1v) is 4.99. The highest BCUT2D eigenvalue weighted by Crippen LogP contribution is 2.17. The van der Waals surface area contributed by atoms with Crippen LogP contribution in [0.4, 0.5) is 0 Å². The number of nitrogens with zero attached hydrogens (tertiary/aromatic N) is 2. The fraction of sp³-hybridized carbons (Fsp3) is 0.364. The van der Waals surface area contributed by atoms with Crippen LogP contribution in [0.25, 0.3) is 11.2 Å². The van der Waals surface area contributed by atoms with E-state index in [4.69, 9.17) is 4.74 Å². The van der Waals surface area contributed by atoms with Crippen molar-refractivity contribution in [3.63, 3.8) is 0 Å². The Bertz CT molecular complexity index is 525. The van der Waals surface area contributed by atoms with Crippen molar-refractivity contribution in [3.05, 3.63) is 24.2 Å². The summed E-state index contributed by atoms with van der Waals surface area (Å²) in [5.74, 6) is -0.390. The summed E-state index contributed by atoms with van der Waals surface area (Å²) in [7, 11) is 0. The second kappa shape index (κ2) is 3.59. The molecule has 0 aromatic carbocycles. The van der Waals surface area contributed by atoms with Crippen molar-refractivity contribution in [1.29, 1.82) is 0 Å². The van der Waals surface area contributed by atoms with Gasteiger partial charge in [0.1, 0.15) is 16.7 Å². The third-order valence-electron chi connectivity index (χ3n) is 1.93. The highest BCUT2D eigenvalue weighted by atomic mass is 16.6. The summed E-state index contributed by atoms with van der Waals surface area (Å²) in [4.78, 5) is 22.9. The molecule has 0 unspecified atom stereocenters. The minimum Gasteiger partial charge on any atom is -0.456 e. The molecule has 0 fully saturated rings. The van der Waals surface area contributed by atoms with E-state index in [0.717, 1.165) is 0 Å². The molecule has 0 aliphatic heterocycles. The fourth-order valence-corrected chi connectivity index (χ4v) is 1.34. The monoisotopic (exact) mass is 219 g/mol. The molecule has 0 aliphatic rings. The molecule has 0 spiro atoms. The molecule has 2 heterocycles. The molecule has 0 amide bonds. The van der Waals surface area contributed by atoms with E-state index in [1.807, 2.05) is 20.8 Å². The van der Waals surface area contributed by atoms with Crippen LogP contribution in [0.3, 0.4) is 0 Å². The normalized spacial score (nSPS) is 11.7. The van der Waals surface area contributed by atoms with E-state index in [2.05, 4.69) is 15.0 Å². The van der Waals surface area contributed by atoms with Gasteiger partial charge in [-0.1, -0.05) is 0 Å². The molecule has 2 rings (SSSR count).